The van der Waals surface area contributed by atoms with Crippen LogP contribution < -0.4 is 11.3 Å². The van der Waals surface area contributed by atoms with Crippen molar-refractivity contribution in [2.75, 3.05) is 5.43 Å². The van der Waals surface area contributed by atoms with E-state index < -0.39 is 0 Å². The molecule has 0 aliphatic rings. The Bertz CT molecular complexity index is 432. The summed E-state index contributed by atoms with van der Waals surface area (Å²) in [6, 6.07) is 9.96. The van der Waals surface area contributed by atoms with Crippen molar-refractivity contribution < 1.29 is 0 Å². The first kappa shape index (κ1) is 9.95. The van der Waals surface area contributed by atoms with Crippen molar-refractivity contribution in [2.24, 2.45) is 5.84 Å². The third kappa shape index (κ3) is 2.45. The topological polar surface area (TPSA) is 63.8 Å². The summed E-state index contributed by atoms with van der Waals surface area (Å²) in [5.41, 5.74) is 2.52. The lowest BCUT2D eigenvalue weighted by Gasteiger charge is -2.04. The minimum absolute atomic E-state index is 0.589. The van der Waals surface area contributed by atoms with Gasteiger partial charge in [0.15, 0.2) is 5.82 Å². The van der Waals surface area contributed by atoms with Crippen molar-refractivity contribution in [3.05, 3.63) is 42.7 Å². The Balaban J connectivity index is 2.24. The molecule has 0 atom stereocenters. The highest BCUT2D eigenvalue weighted by Crippen LogP contribution is 2.29. The molecule has 1 heterocycles. The minimum Gasteiger partial charge on any atom is -0.306 e. The molecule has 15 heavy (non-hydrogen) atoms. The van der Waals surface area contributed by atoms with Crippen molar-refractivity contribution in [3.8, 4) is 0 Å². The zero-order valence-corrected chi connectivity index (χ0v) is 8.74. The molecule has 0 saturated carbocycles. The molecule has 76 valence electrons. The summed E-state index contributed by atoms with van der Waals surface area (Å²) in [5, 5.41) is 0.770. The number of nitrogen functional groups attached to an aromatic ring is 1. The first-order valence-electron chi connectivity index (χ1n) is 4.40. The van der Waals surface area contributed by atoms with Crippen molar-refractivity contribution in [1.29, 1.82) is 0 Å². The molecule has 0 unspecified atom stereocenters. The van der Waals surface area contributed by atoms with Gasteiger partial charge in [-0.3, -0.25) is 0 Å². The summed E-state index contributed by atoms with van der Waals surface area (Å²) in [6.45, 7) is 0. The van der Waals surface area contributed by atoms with Crippen LogP contribution in [0.2, 0.25) is 0 Å². The van der Waals surface area contributed by atoms with Gasteiger partial charge < -0.3 is 5.43 Å². The first-order valence-corrected chi connectivity index (χ1v) is 5.22. The summed E-state index contributed by atoms with van der Waals surface area (Å²) in [5.74, 6) is 5.93. The molecule has 0 spiro atoms. The van der Waals surface area contributed by atoms with Gasteiger partial charge in [0.25, 0.3) is 0 Å². The molecule has 0 bridgehead atoms. The fourth-order valence-corrected chi connectivity index (χ4v) is 1.94. The maximum absolute atomic E-state index is 5.34. The highest BCUT2D eigenvalue weighted by atomic mass is 32.2. The van der Waals surface area contributed by atoms with Crippen LogP contribution in [0.5, 0.6) is 0 Å². The molecular formula is C10H10N4S. The number of benzene rings is 1. The molecule has 2 aromatic rings. The van der Waals surface area contributed by atoms with Crippen molar-refractivity contribution in [1.82, 2.24) is 9.97 Å². The Hall–Kier alpha value is -1.59. The monoisotopic (exact) mass is 218 g/mol. The van der Waals surface area contributed by atoms with E-state index in [1.165, 1.54) is 11.8 Å². The number of hydrogen-bond acceptors (Lipinski definition) is 5. The maximum atomic E-state index is 5.34. The number of hydrazine groups is 1. The van der Waals surface area contributed by atoms with Crippen LogP contribution in [-0.4, -0.2) is 9.97 Å². The normalized spacial score (nSPS) is 9.93. The number of hydrogen-bond donors (Lipinski definition) is 2. The van der Waals surface area contributed by atoms with Crippen molar-refractivity contribution in [2.45, 2.75) is 9.92 Å². The third-order valence-corrected chi connectivity index (χ3v) is 2.76. The molecule has 3 N–H and O–H groups in total. The summed E-state index contributed by atoms with van der Waals surface area (Å²) in [7, 11) is 0. The lowest BCUT2D eigenvalue weighted by Crippen LogP contribution is -2.10. The van der Waals surface area contributed by atoms with Gasteiger partial charge in [-0.1, -0.05) is 30.0 Å². The van der Waals surface area contributed by atoms with E-state index in [4.69, 9.17) is 5.84 Å². The van der Waals surface area contributed by atoms with Gasteiger partial charge in [-0.05, 0) is 12.1 Å². The summed E-state index contributed by atoms with van der Waals surface area (Å²) in [6.07, 6.45) is 3.25. The number of nitrogens with zero attached hydrogens (tertiary/aromatic N) is 2. The van der Waals surface area contributed by atoms with Gasteiger partial charge >= 0.3 is 0 Å². The summed E-state index contributed by atoms with van der Waals surface area (Å²) < 4.78 is 0. The molecule has 1 aromatic carbocycles. The zero-order chi connectivity index (χ0) is 10.5. The van der Waals surface area contributed by atoms with E-state index in [1.54, 1.807) is 12.4 Å². The van der Waals surface area contributed by atoms with Gasteiger partial charge in [0.2, 0.25) is 0 Å². The predicted octanol–water partition coefficient (Wildman–Crippen LogP) is 1.91. The van der Waals surface area contributed by atoms with Crippen LogP contribution in [0, 0.1) is 0 Å². The molecule has 0 aliphatic heterocycles. The standard InChI is InChI=1S/C10H10N4S/c11-14-9-10(13-7-6-12-9)15-8-4-2-1-3-5-8/h1-7H,11H2,(H,12,14). The SMILES string of the molecule is NNc1nccnc1Sc1ccccc1. The van der Waals surface area contributed by atoms with Crippen molar-refractivity contribution >= 4 is 17.6 Å². The van der Waals surface area contributed by atoms with Crippen LogP contribution in [-0.2, 0) is 0 Å². The second-order valence-corrected chi connectivity index (χ2v) is 3.83. The first-order chi connectivity index (χ1) is 7.40. The van der Waals surface area contributed by atoms with Gasteiger partial charge in [0, 0.05) is 17.3 Å². The van der Waals surface area contributed by atoms with Crippen LogP contribution in [0.15, 0.2) is 52.6 Å². The highest BCUT2D eigenvalue weighted by Gasteiger charge is 2.04. The fraction of sp³-hybridized carbons (Fsp3) is 0. The molecule has 0 radical (unpaired) electrons. The van der Waals surface area contributed by atoms with E-state index >= 15 is 0 Å². The summed E-state index contributed by atoms with van der Waals surface area (Å²) in [4.78, 5) is 9.38. The lowest BCUT2D eigenvalue weighted by molar-refractivity contribution is 1.04. The predicted molar refractivity (Wildman–Crippen MR) is 60.4 cm³/mol. The smallest absolute Gasteiger partial charge is 0.173 e. The Labute approximate surface area is 91.9 Å². The molecular weight excluding hydrogens is 208 g/mol. The maximum Gasteiger partial charge on any atom is 0.173 e. The summed E-state index contributed by atoms with van der Waals surface area (Å²) >= 11 is 1.52. The van der Waals surface area contributed by atoms with E-state index in [2.05, 4.69) is 15.4 Å². The molecule has 0 aliphatic carbocycles. The van der Waals surface area contributed by atoms with E-state index in [0.29, 0.717) is 5.82 Å². The van der Waals surface area contributed by atoms with Crippen LogP contribution >= 0.6 is 11.8 Å². The molecule has 4 nitrogen and oxygen atoms in total. The quantitative estimate of drug-likeness (QED) is 0.608. The number of nitrogens with one attached hydrogen (secondary N) is 1. The molecule has 2 rings (SSSR count). The Morgan fingerprint density at radius 3 is 2.53 bits per heavy atom. The number of aromatic nitrogens is 2. The lowest BCUT2D eigenvalue weighted by atomic mass is 10.4. The van der Waals surface area contributed by atoms with E-state index in [1.807, 2.05) is 30.3 Å². The third-order valence-electron chi connectivity index (χ3n) is 1.76. The van der Waals surface area contributed by atoms with E-state index in [-0.39, 0.29) is 0 Å². The second kappa shape index (κ2) is 4.77. The minimum atomic E-state index is 0.589. The fourth-order valence-electron chi connectivity index (χ4n) is 1.10. The van der Waals surface area contributed by atoms with E-state index in [9.17, 15) is 0 Å². The average molecular weight is 218 g/mol. The van der Waals surface area contributed by atoms with E-state index in [0.717, 1.165) is 9.92 Å². The van der Waals surface area contributed by atoms with Gasteiger partial charge in [-0.2, -0.15) is 0 Å². The molecule has 0 amide bonds. The Morgan fingerprint density at radius 1 is 1.07 bits per heavy atom. The number of rotatable bonds is 3. The molecule has 0 fully saturated rings. The van der Waals surface area contributed by atoms with Gasteiger partial charge in [0.1, 0.15) is 5.03 Å². The highest BCUT2D eigenvalue weighted by molar-refractivity contribution is 7.99. The van der Waals surface area contributed by atoms with Gasteiger partial charge in [-0.15, -0.1) is 0 Å². The average Bonchev–Trinajstić information content (AvgIpc) is 2.31. The molecule has 0 saturated heterocycles. The van der Waals surface area contributed by atoms with Crippen molar-refractivity contribution in [3.63, 3.8) is 0 Å². The molecule has 1 aromatic heterocycles. The Kier molecular flexibility index (Phi) is 3.16. The van der Waals surface area contributed by atoms with Crippen LogP contribution in [0.4, 0.5) is 5.82 Å². The van der Waals surface area contributed by atoms with Gasteiger partial charge in [0.05, 0.1) is 0 Å². The second-order valence-electron chi connectivity index (χ2n) is 2.77. The van der Waals surface area contributed by atoms with Gasteiger partial charge in [-0.25, -0.2) is 15.8 Å². The number of nitrogens with two attached hydrogens (primary N) is 1. The molecule has 5 heteroatoms. The number of anilines is 1. The van der Waals surface area contributed by atoms with Crippen LogP contribution in [0.1, 0.15) is 0 Å². The largest absolute Gasteiger partial charge is 0.306 e. The van der Waals surface area contributed by atoms with Crippen LogP contribution in [0.25, 0.3) is 0 Å². The zero-order valence-electron chi connectivity index (χ0n) is 7.92. The Morgan fingerprint density at radius 2 is 1.80 bits per heavy atom. The van der Waals surface area contributed by atoms with Crippen LogP contribution in [0.3, 0.4) is 0 Å².